The number of carbonyl (C=O) groups excluding carboxylic acids is 1. The lowest BCUT2D eigenvalue weighted by molar-refractivity contribution is -0.119. The molecule has 116 valence electrons. The lowest BCUT2D eigenvalue weighted by atomic mass is 10.0. The Balaban J connectivity index is 2.13. The molecule has 0 aliphatic carbocycles. The van der Waals surface area contributed by atoms with Crippen LogP contribution in [0.1, 0.15) is 19.4 Å². The first-order chi connectivity index (χ1) is 10.5. The standard InChI is InChI=1S/C18H20ClNO2/c1-12(20-13(2)21)10-14-4-6-15(7-5-14)17-9-8-16(22-3)11-18(17)19/h4-9,11-12H,10H2,1-3H3,(H,20,21). The quantitative estimate of drug-likeness (QED) is 0.902. The van der Waals surface area contributed by atoms with Crippen LogP contribution in [0.25, 0.3) is 11.1 Å². The van der Waals surface area contributed by atoms with E-state index in [1.54, 1.807) is 7.11 Å². The molecule has 3 nitrogen and oxygen atoms in total. The van der Waals surface area contributed by atoms with Crippen LogP contribution in [0.5, 0.6) is 5.75 Å². The third-order valence-electron chi connectivity index (χ3n) is 3.43. The van der Waals surface area contributed by atoms with Crippen molar-refractivity contribution in [3.8, 4) is 16.9 Å². The van der Waals surface area contributed by atoms with Crippen molar-refractivity contribution >= 4 is 17.5 Å². The van der Waals surface area contributed by atoms with Crippen LogP contribution in [0, 0.1) is 0 Å². The second-order valence-corrected chi connectivity index (χ2v) is 5.76. The lowest BCUT2D eigenvalue weighted by Crippen LogP contribution is -2.31. The minimum Gasteiger partial charge on any atom is -0.497 e. The highest BCUT2D eigenvalue weighted by atomic mass is 35.5. The van der Waals surface area contributed by atoms with Crippen LogP contribution in [0.3, 0.4) is 0 Å². The molecule has 1 N–H and O–H groups in total. The van der Waals surface area contributed by atoms with E-state index in [0.29, 0.717) is 5.02 Å². The third kappa shape index (κ3) is 4.25. The van der Waals surface area contributed by atoms with Crippen molar-refractivity contribution in [3.05, 3.63) is 53.1 Å². The van der Waals surface area contributed by atoms with Gasteiger partial charge in [0.15, 0.2) is 0 Å². The molecule has 2 rings (SSSR count). The predicted molar refractivity (Wildman–Crippen MR) is 90.4 cm³/mol. The van der Waals surface area contributed by atoms with Crippen LogP contribution in [0.15, 0.2) is 42.5 Å². The van der Waals surface area contributed by atoms with E-state index in [-0.39, 0.29) is 11.9 Å². The van der Waals surface area contributed by atoms with Gasteiger partial charge in [-0.15, -0.1) is 0 Å². The van der Waals surface area contributed by atoms with Gasteiger partial charge in [0.2, 0.25) is 5.91 Å². The minimum atomic E-state index is -0.00543. The largest absolute Gasteiger partial charge is 0.497 e. The molecule has 1 atom stereocenters. The Morgan fingerprint density at radius 3 is 2.45 bits per heavy atom. The number of hydrogen-bond donors (Lipinski definition) is 1. The van der Waals surface area contributed by atoms with Gasteiger partial charge in [0.1, 0.15) is 5.75 Å². The van der Waals surface area contributed by atoms with E-state index >= 15 is 0 Å². The van der Waals surface area contributed by atoms with E-state index in [9.17, 15) is 4.79 Å². The molecule has 2 aromatic carbocycles. The molecule has 0 spiro atoms. The van der Waals surface area contributed by atoms with E-state index in [2.05, 4.69) is 17.4 Å². The van der Waals surface area contributed by atoms with Crippen molar-refractivity contribution in [2.24, 2.45) is 0 Å². The topological polar surface area (TPSA) is 38.3 Å². The van der Waals surface area contributed by atoms with E-state index in [1.165, 1.54) is 12.5 Å². The van der Waals surface area contributed by atoms with Gasteiger partial charge in [-0.3, -0.25) is 4.79 Å². The van der Waals surface area contributed by atoms with Crippen molar-refractivity contribution < 1.29 is 9.53 Å². The predicted octanol–water partition coefficient (Wildman–Crippen LogP) is 4.08. The summed E-state index contributed by atoms with van der Waals surface area (Å²) < 4.78 is 5.16. The fourth-order valence-corrected chi connectivity index (χ4v) is 2.71. The van der Waals surface area contributed by atoms with Gasteiger partial charge in [0, 0.05) is 18.5 Å². The molecule has 0 radical (unpaired) electrons. The average Bonchev–Trinajstić information content (AvgIpc) is 2.47. The molecule has 0 heterocycles. The molecule has 1 amide bonds. The Morgan fingerprint density at radius 1 is 1.23 bits per heavy atom. The number of hydrogen-bond acceptors (Lipinski definition) is 2. The van der Waals surface area contributed by atoms with E-state index < -0.39 is 0 Å². The smallest absolute Gasteiger partial charge is 0.217 e. The van der Waals surface area contributed by atoms with E-state index in [1.807, 2.05) is 37.3 Å². The van der Waals surface area contributed by atoms with Crippen molar-refractivity contribution in [3.63, 3.8) is 0 Å². The minimum absolute atomic E-state index is 0.00543. The third-order valence-corrected chi connectivity index (χ3v) is 3.75. The summed E-state index contributed by atoms with van der Waals surface area (Å²) in [5, 5.41) is 3.55. The molecule has 4 heteroatoms. The molecule has 0 saturated heterocycles. The summed E-state index contributed by atoms with van der Waals surface area (Å²) in [4.78, 5) is 11.0. The monoisotopic (exact) mass is 317 g/mol. The number of rotatable bonds is 5. The molecule has 0 aliphatic rings. The van der Waals surface area contributed by atoms with Gasteiger partial charge in [-0.1, -0.05) is 35.9 Å². The number of halogens is 1. The maximum atomic E-state index is 11.0. The number of nitrogens with one attached hydrogen (secondary N) is 1. The van der Waals surface area contributed by atoms with Gasteiger partial charge in [0.25, 0.3) is 0 Å². The molecule has 2 aromatic rings. The summed E-state index contributed by atoms with van der Waals surface area (Å²) >= 11 is 6.30. The molecule has 0 saturated carbocycles. The zero-order valence-corrected chi connectivity index (χ0v) is 13.8. The zero-order valence-electron chi connectivity index (χ0n) is 13.0. The zero-order chi connectivity index (χ0) is 16.1. The summed E-state index contributed by atoms with van der Waals surface area (Å²) in [7, 11) is 1.62. The summed E-state index contributed by atoms with van der Waals surface area (Å²) in [5.41, 5.74) is 3.21. The normalized spacial score (nSPS) is 11.8. The highest BCUT2D eigenvalue weighted by Gasteiger charge is 2.07. The first-order valence-corrected chi connectivity index (χ1v) is 7.57. The number of benzene rings is 2. The molecule has 0 aliphatic heterocycles. The second kappa shape index (κ2) is 7.32. The number of methoxy groups -OCH3 is 1. The highest BCUT2D eigenvalue weighted by Crippen LogP contribution is 2.31. The number of ether oxygens (including phenoxy) is 1. The Labute approximate surface area is 136 Å². The number of carbonyl (C=O) groups is 1. The molecular weight excluding hydrogens is 298 g/mol. The van der Waals surface area contributed by atoms with Crippen molar-refractivity contribution in [1.29, 1.82) is 0 Å². The van der Waals surface area contributed by atoms with Crippen LogP contribution in [-0.2, 0) is 11.2 Å². The molecule has 0 aromatic heterocycles. The van der Waals surface area contributed by atoms with Crippen LogP contribution in [-0.4, -0.2) is 19.1 Å². The first-order valence-electron chi connectivity index (χ1n) is 7.19. The number of amides is 1. The van der Waals surface area contributed by atoms with Gasteiger partial charge in [0.05, 0.1) is 12.1 Å². The average molecular weight is 318 g/mol. The fraction of sp³-hybridized carbons (Fsp3) is 0.278. The fourth-order valence-electron chi connectivity index (χ4n) is 2.43. The SMILES string of the molecule is COc1ccc(-c2ccc(CC(C)NC(C)=O)cc2)c(Cl)c1. The lowest BCUT2D eigenvalue weighted by Gasteiger charge is -2.13. The van der Waals surface area contributed by atoms with Crippen LogP contribution in [0.4, 0.5) is 0 Å². The summed E-state index contributed by atoms with van der Waals surface area (Å²) in [6.07, 6.45) is 0.802. The first kappa shape index (κ1) is 16.4. The van der Waals surface area contributed by atoms with Gasteiger partial charge in [-0.25, -0.2) is 0 Å². The van der Waals surface area contributed by atoms with Gasteiger partial charge >= 0.3 is 0 Å². The van der Waals surface area contributed by atoms with Crippen LogP contribution < -0.4 is 10.1 Å². The molecule has 1 unspecified atom stereocenters. The van der Waals surface area contributed by atoms with Crippen LogP contribution >= 0.6 is 11.6 Å². The maximum absolute atomic E-state index is 11.0. The second-order valence-electron chi connectivity index (χ2n) is 5.35. The Hall–Kier alpha value is -2.00. The van der Waals surface area contributed by atoms with Gasteiger partial charge in [-0.2, -0.15) is 0 Å². The van der Waals surface area contributed by atoms with Crippen molar-refractivity contribution in [1.82, 2.24) is 5.32 Å². The molecule has 22 heavy (non-hydrogen) atoms. The molecule has 0 bridgehead atoms. The van der Waals surface area contributed by atoms with Gasteiger partial charge < -0.3 is 10.1 Å². The van der Waals surface area contributed by atoms with Crippen molar-refractivity contribution in [2.75, 3.05) is 7.11 Å². The van der Waals surface area contributed by atoms with Crippen molar-refractivity contribution in [2.45, 2.75) is 26.3 Å². The maximum Gasteiger partial charge on any atom is 0.217 e. The van der Waals surface area contributed by atoms with E-state index in [0.717, 1.165) is 23.3 Å². The summed E-state index contributed by atoms with van der Waals surface area (Å²) in [6.45, 7) is 3.53. The Morgan fingerprint density at radius 2 is 1.91 bits per heavy atom. The Bertz CT molecular complexity index is 653. The van der Waals surface area contributed by atoms with E-state index in [4.69, 9.17) is 16.3 Å². The van der Waals surface area contributed by atoms with Crippen LogP contribution in [0.2, 0.25) is 5.02 Å². The van der Waals surface area contributed by atoms with Gasteiger partial charge in [-0.05, 0) is 42.7 Å². The summed E-state index contributed by atoms with van der Waals surface area (Å²) in [6, 6.07) is 14.0. The summed E-state index contributed by atoms with van der Waals surface area (Å²) in [5.74, 6) is 0.739. The highest BCUT2D eigenvalue weighted by molar-refractivity contribution is 6.33. The molecule has 0 fully saturated rings. The Kier molecular flexibility index (Phi) is 5.45. The molecular formula is C18H20ClNO2.